The van der Waals surface area contributed by atoms with Crippen molar-refractivity contribution in [3.8, 4) is 5.75 Å². The van der Waals surface area contributed by atoms with Gasteiger partial charge in [-0.1, -0.05) is 17.3 Å². The molecule has 0 saturated carbocycles. The second-order valence-electron chi connectivity index (χ2n) is 6.24. The Labute approximate surface area is 173 Å². The van der Waals surface area contributed by atoms with Gasteiger partial charge in [-0.25, -0.2) is 4.79 Å². The quantitative estimate of drug-likeness (QED) is 0.142. The number of nitrogens with two attached hydrogens (primary N) is 1. The summed E-state index contributed by atoms with van der Waals surface area (Å²) in [5, 5.41) is 14.2. The van der Waals surface area contributed by atoms with Crippen LogP contribution >= 0.6 is 0 Å². The highest BCUT2D eigenvalue weighted by molar-refractivity contribution is 6.04. The molecule has 0 spiro atoms. The lowest BCUT2D eigenvalue weighted by Crippen LogP contribution is -2.38. The van der Waals surface area contributed by atoms with E-state index in [2.05, 4.69) is 10.5 Å². The molecule has 2 rings (SSSR count). The maximum absolute atomic E-state index is 12.6. The lowest BCUT2D eigenvalue weighted by Gasteiger charge is -2.14. The number of oxime groups is 1. The van der Waals surface area contributed by atoms with Gasteiger partial charge in [0.15, 0.2) is 18.2 Å². The number of esters is 1. The van der Waals surface area contributed by atoms with Crippen LogP contribution in [-0.4, -0.2) is 48.0 Å². The molecule has 9 nitrogen and oxygen atoms in total. The number of hydrogen-bond donors (Lipinski definition) is 3. The van der Waals surface area contributed by atoms with Gasteiger partial charge >= 0.3 is 5.97 Å². The summed E-state index contributed by atoms with van der Waals surface area (Å²) >= 11 is 0. The zero-order valence-electron chi connectivity index (χ0n) is 16.6. The summed E-state index contributed by atoms with van der Waals surface area (Å²) in [4.78, 5) is 36.2. The molecule has 0 aliphatic heterocycles. The Hall–Kier alpha value is -3.88. The number of hydrogen-bond acceptors (Lipinski definition) is 7. The van der Waals surface area contributed by atoms with Crippen LogP contribution in [0.1, 0.15) is 40.1 Å². The first-order chi connectivity index (χ1) is 14.3. The summed E-state index contributed by atoms with van der Waals surface area (Å²) in [6, 6.07) is 11.5. The molecule has 0 heterocycles. The highest BCUT2D eigenvalue weighted by Gasteiger charge is 2.18. The fourth-order valence-electron chi connectivity index (χ4n) is 2.51. The number of nitrogens with one attached hydrogen (secondary N) is 1. The highest BCUT2D eigenvalue weighted by Crippen LogP contribution is 2.14. The van der Waals surface area contributed by atoms with Crippen LogP contribution in [0.2, 0.25) is 0 Å². The van der Waals surface area contributed by atoms with Gasteiger partial charge in [-0.15, -0.1) is 0 Å². The summed E-state index contributed by atoms with van der Waals surface area (Å²) in [5.74, 6) is -0.847. The van der Waals surface area contributed by atoms with Crippen LogP contribution < -0.4 is 15.8 Å². The van der Waals surface area contributed by atoms with Crippen molar-refractivity contribution in [1.29, 1.82) is 0 Å². The predicted molar refractivity (Wildman–Crippen MR) is 109 cm³/mol. The van der Waals surface area contributed by atoms with Gasteiger partial charge in [0.25, 0.3) is 5.91 Å². The largest absolute Gasteiger partial charge is 0.482 e. The summed E-state index contributed by atoms with van der Waals surface area (Å²) < 4.78 is 10.1. The number of ether oxygens (including phenoxy) is 2. The molecule has 2 aromatic rings. The minimum Gasteiger partial charge on any atom is -0.482 e. The maximum Gasteiger partial charge on any atom is 0.344 e. The summed E-state index contributed by atoms with van der Waals surface area (Å²) in [7, 11) is 0. The standard InChI is InChI=1S/C21H23N3O6/c1-3-29-18(25)12-30-17-10-8-14(9-11-17)19(26)13(2)23-21(27)16-6-4-15(5-7-16)20(22)24-28/h4-11,13,28H,3,12H2,1-2H3,(H2,22,24)(H,23,27)/t13-/m0/s1. The van der Waals surface area contributed by atoms with Crippen LogP contribution in [0.4, 0.5) is 0 Å². The van der Waals surface area contributed by atoms with E-state index in [4.69, 9.17) is 20.4 Å². The fourth-order valence-corrected chi connectivity index (χ4v) is 2.51. The highest BCUT2D eigenvalue weighted by atomic mass is 16.6. The molecule has 0 radical (unpaired) electrons. The third kappa shape index (κ3) is 6.06. The van der Waals surface area contributed by atoms with Gasteiger partial charge in [0.05, 0.1) is 12.6 Å². The second-order valence-corrected chi connectivity index (χ2v) is 6.24. The minimum atomic E-state index is -0.771. The van der Waals surface area contributed by atoms with Gasteiger partial charge in [-0.05, 0) is 50.2 Å². The number of nitrogens with zero attached hydrogens (tertiary/aromatic N) is 1. The van der Waals surface area contributed by atoms with E-state index in [0.29, 0.717) is 22.4 Å². The molecule has 1 amide bonds. The van der Waals surface area contributed by atoms with E-state index in [1.165, 1.54) is 24.3 Å². The van der Waals surface area contributed by atoms with Gasteiger partial charge in [0.1, 0.15) is 5.75 Å². The Morgan fingerprint density at radius 2 is 1.60 bits per heavy atom. The van der Waals surface area contributed by atoms with Crippen LogP contribution in [0.25, 0.3) is 0 Å². The number of Topliss-reactive ketones (excluding diaryl/α,β-unsaturated/α-hetero) is 1. The average molecular weight is 413 g/mol. The number of carbonyl (C=O) groups excluding carboxylic acids is 3. The van der Waals surface area contributed by atoms with Gasteiger partial charge in [-0.2, -0.15) is 0 Å². The second kappa shape index (κ2) is 10.6. The normalized spacial score (nSPS) is 12.0. The molecule has 0 aliphatic rings. The summed E-state index contributed by atoms with van der Waals surface area (Å²) in [6.07, 6.45) is 0. The summed E-state index contributed by atoms with van der Waals surface area (Å²) in [6.45, 7) is 3.34. The third-order valence-corrected chi connectivity index (χ3v) is 4.09. The predicted octanol–water partition coefficient (Wildman–Crippen LogP) is 1.72. The van der Waals surface area contributed by atoms with Crippen molar-refractivity contribution in [2.45, 2.75) is 19.9 Å². The Bertz CT molecular complexity index is 923. The van der Waals surface area contributed by atoms with E-state index >= 15 is 0 Å². The van der Waals surface area contributed by atoms with Crippen molar-refractivity contribution in [3.63, 3.8) is 0 Å². The molecule has 4 N–H and O–H groups in total. The fraction of sp³-hybridized carbons (Fsp3) is 0.238. The van der Waals surface area contributed by atoms with Crippen molar-refractivity contribution < 1.29 is 29.1 Å². The van der Waals surface area contributed by atoms with Crippen molar-refractivity contribution in [1.82, 2.24) is 5.32 Å². The third-order valence-electron chi connectivity index (χ3n) is 4.09. The van der Waals surface area contributed by atoms with Crippen LogP contribution in [0, 0.1) is 0 Å². The monoisotopic (exact) mass is 413 g/mol. The molecule has 30 heavy (non-hydrogen) atoms. The Morgan fingerprint density at radius 1 is 1.03 bits per heavy atom. The molecule has 0 aromatic heterocycles. The topological polar surface area (TPSA) is 140 Å². The molecule has 2 aromatic carbocycles. The molecular formula is C21H23N3O6. The first-order valence-corrected chi connectivity index (χ1v) is 9.17. The van der Waals surface area contributed by atoms with E-state index in [0.717, 1.165) is 0 Å². The van der Waals surface area contributed by atoms with Gasteiger partial charge in [0, 0.05) is 16.7 Å². The number of amides is 1. The van der Waals surface area contributed by atoms with E-state index < -0.39 is 17.9 Å². The Balaban J connectivity index is 1.95. The van der Waals surface area contributed by atoms with Crippen LogP contribution in [-0.2, 0) is 9.53 Å². The lowest BCUT2D eigenvalue weighted by atomic mass is 10.0. The molecule has 1 atom stereocenters. The molecule has 158 valence electrons. The minimum absolute atomic E-state index is 0.0693. The molecule has 0 fully saturated rings. The van der Waals surface area contributed by atoms with Crippen LogP contribution in [0.15, 0.2) is 53.7 Å². The molecule has 0 aliphatic carbocycles. The Kier molecular flexibility index (Phi) is 7.92. The number of benzene rings is 2. The summed E-state index contributed by atoms with van der Waals surface area (Å²) in [5.41, 5.74) is 6.66. The number of carbonyl (C=O) groups is 3. The zero-order chi connectivity index (χ0) is 22.1. The van der Waals surface area contributed by atoms with E-state index in [1.807, 2.05) is 0 Å². The van der Waals surface area contributed by atoms with Gasteiger partial charge in [0.2, 0.25) is 0 Å². The molecule has 0 bridgehead atoms. The van der Waals surface area contributed by atoms with E-state index in [-0.39, 0.29) is 24.8 Å². The first-order valence-electron chi connectivity index (χ1n) is 9.17. The van der Waals surface area contributed by atoms with Gasteiger partial charge in [-0.3, -0.25) is 9.59 Å². The van der Waals surface area contributed by atoms with Crippen molar-refractivity contribution in [2.24, 2.45) is 10.9 Å². The average Bonchev–Trinajstić information content (AvgIpc) is 2.77. The van der Waals surface area contributed by atoms with Gasteiger partial charge < -0.3 is 25.7 Å². The van der Waals surface area contributed by atoms with Crippen LogP contribution in [0.5, 0.6) is 5.75 Å². The SMILES string of the molecule is CCOC(=O)COc1ccc(C(=O)[C@H](C)NC(=O)c2ccc(/C(N)=N/O)cc2)cc1. The zero-order valence-corrected chi connectivity index (χ0v) is 16.6. The molecule has 9 heteroatoms. The van der Waals surface area contributed by atoms with Crippen LogP contribution in [0.3, 0.4) is 0 Å². The van der Waals surface area contributed by atoms with Crippen molar-refractivity contribution in [2.75, 3.05) is 13.2 Å². The number of rotatable bonds is 9. The molecular weight excluding hydrogens is 390 g/mol. The van der Waals surface area contributed by atoms with Crippen molar-refractivity contribution in [3.05, 3.63) is 65.2 Å². The maximum atomic E-state index is 12.6. The number of amidine groups is 1. The van der Waals surface area contributed by atoms with E-state index in [1.54, 1.807) is 38.1 Å². The van der Waals surface area contributed by atoms with E-state index in [9.17, 15) is 14.4 Å². The Morgan fingerprint density at radius 3 is 2.17 bits per heavy atom. The molecule has 0 saturated heterocycles. The molecule has 0 unspecified atom stereocenters. The number of ketones is 1. The lowest BCUT2D eigenvalue weighted by molar-refractivity contribution is -0.145. The first kappa shape index (κ1) is 22.4. The van der Waals surface area contributed by atoms with Crippen molar-refractivity contribution >= 4 is 23.5 Å². The smallest absolute Gasteiger partial charge is 0.344 e.